The van der Waals surface area contributed by atoms with E-state index in [0.29, 0.717) is 23.9 Å². The third kappa shape index (κ3) is 3.03. The van der Waals surface area contributed by atoms with E-state index in [-0.39, 0.29) is 11.9 Å². The van der Waals surface area contributed by atoms with Crippen LogP contribution in [0.1, 0.15) is 39.8 Å². The number of carbonyl (C=O) groups excluding carboxylic acids is 1. The largest absolute Gasteiger partial charge is 0.375 e. The Morgan fingerprint density at radius 2 is 2.40 bits per heavy atom. The van der Waals surface area contributed by atoms with Crippen LogP contribution in [-0.4, -0.2) is 33.4 Å². The van der Waals surface area contributed by atoms with E-state index in [2.05, 4.69) is 31.7 Å². The number of aryl methyl sites for hydroxylation is 1. The molecule has 1 aromatic carbocycles. The minimum absolute atomic E-state index is 0.000713. The number of aromatic nitrogens is 4. The molecule has 2 heterocycles. The van der Waals surface area contributed by atoms with Crippen molar-refractivity contribution in [3.63, 3.8) is 0 Å². The minimum atomic E-state index is -0.127. The van der Waals surface area contributed by atoms with Gasteiger partial charge in [-0.05, 0) is 30.0 Å². The molecule has 128 valence electrons. The van der Waals surface area contributed by atoms with Gasteiger partial charge in [0.05, 0.1) is 17.8 Å². The molecule has 0 saturated heterocycles. The maximum absolute atomic E-state index is 12.2. The molecule has 8 heteroatoms. The van der Waals surface area contributed by atoms with Gasteiger partial charge < -0.3 is 14.6 Å². The standard InChI is InChI=1S/C17H17N5O3/c1-24-9-15-21-16(22-25-15)11-2-4-13-10(6-11)3-5-14(13)20-17(23)12-7-18-19-8-12/h2,4,6-8,14H,3,5,9H2,1H3,(H,18,19)(H,20,23). The number of hydrogen-bond acceptors (Lipinski definition) is 6. The van der Waals surface area contributed by atoms with Crippen molar-refractivity contribution >= 4 is 5.91 Å². The number of amides is 1. The van der Waals surface area contributed by atoms with E-state index >= 15 is 0 Å². The Kier molecular flexibility index (Phi) is 4.02. The van der Waals surface area contributed by atoms with Crippen molar-refractivity contribution in [1.29, 1.82) is 0 Å². The van der Waals surface area contributed by atoms with Crippen LogP contribution in [-0.2, 0) is 17.8 Å². The fourth-order valence-electron chi connectivity index (χ4n) is 3.08. The quantitative estimate of drug-likeness (QED) is 0.737. The number of methoxy groups -OCH3 is 1. The van der Waals surface area contributed by atoms with E-state index in [1.807, 2.05) is 12.1 Å². The van der Waals surface area contributed by atoms with Gasteiger partial charge in [0.15, 0.2) is 0 Å². The van der Waals surface area contributed by atoms with Crippen LogP contribution in [0, 0.1) is 0 Å². The van der Waals surface area contributed by atoms with Gasteiger partial charge in [-0.15, -0.1) is 0 Å². The van der Waals surface area contributed by atoms with Gasteiger partial charge in [0.2, 0.25) is 5.82 Å². The second-order valence-electron chi connectivity index (χ2n) is 5.91. The molecule has 1 aliphatic carbocycles. The van der Waals surface area contributed by atoms with Crippen LogP contribution in [0.15, 0.2) is 35.1 Å². The van der Waals surface area contributed by atoms with Gasteiger partial charge in [0.1, 0.15) is 6.61 Å². The molecular weight excluding hydrogens is 322 g/mol. The number of hydrogen-bond donors (Lipinski definition) is 2. The van der Waals surface area contributed by atoms with Crippen LogP contribution < -0.4 is 5.32 Å². The molecule has 25 heavy (non-hydrogen) atoms. The lowest BCUT2D eigenvalue weighted by molar-refractivity contribution is 0.0937. The van der Waals surface area contributed by atoms with Crippen molar-refractivity contribution in [3.8, 4) is 11.4 Å². The molecule has 0 fully saturated rings. The highest BCUT2D eigenvalue weighted by Gasteiger charge is 2.25. The monoisotopic (exact) mass is 339 g/mol. The zero-order valence-corrected chi connectivity index (χ0v) is 13.7. The zero-order chi connectivity index (χ0) is 17.2. The average molecular weight is 339 g/mol. The van der Waals surface area contributed by atoms with Gasteiger partial charge in [0.25, 0.3) is 11.8 Å². The maximum atomic E-state index is 12.2. The second kappa shape index (κ2) is 6.48. The molecule has 8 nitrogen and oxygen atoms in total. The molecule has 1 atom stereocenters. The van der Waals surface area contributed by atoms with Crippen LogP contribution in [0.5, 0.6) is 0 Å². The Bertz CT molecular complexity index is 888. The van der Waals surface area contributed by atoms with Gasteiger partial charge >= 0.3 is 0 Å². The molecule has 1 amide bonds. The van der Waals surface area contributed by atoms with Crippen molar-refractivity contribution in [3.05, 3.63) is 53.2 Å². The number of ether oxygens (including phenoxy) is 1. The van der Waals surface area contributed by atoms with Crippen molar-refractivity contribution in [2.24, 2.45) is 0 Å². The summed E-state index contributed by atoms with van der Waals surface area (Å²) in [6, 6.07) is 6.02. The molecule has 0 radical (unpaired) electrons. The van der Waals surface area contributed by atoms with Crippen LogP contribution in [0.25, 0.3) is 11.4 Å². The summed E-state index contributed by atoms with van der Waals surface area (Å²) in [6.07, 6.45) is 4.86. The first-order valence-electron chi connectivity index (χ1n) is 7.99. The third-order valence-corrected chi connectivity index (χ3v) is 4.28. The first-order valence-corrected chi connectivity index (χ1v) is 7.99. The number of nitrogens with zero attached hydrogens (tertiary/aromatic N) is 3. The van der Waals surface area contributed by atoms with Crippen LogP contribution in [0.2, 0.25) is 0 Å². The summed E-state index contributed by atoms with van der Waals surface area (Å²) in [4.78, 5) is 16.5. The summed E-state index contributed by atoms with van der Waals surface area (Å²) in [5.41, 5.74) is 3.74. The number of fused-ring (bicyclic) bond motifs is 1. The van der Waals surface area contributed by atoms with E-state index in [1.165, 1.54) is 11.8 Å². The van der Waals surface area contributed by atoms with Crippen LogP contribution in [0.3, 0.4) is 0 Å². The number of nitrogens with one attached hydrogen (secondary N) is 2. The Morgan fingerprint density at radius 3 is 3.20 bits per heavy atom. The number of aromatic amines is 1. The van der Waals surface area contributed by atoms with Crippen molar-refractivity contribution < 1.29 is 14.1 Å². The summed E-state index contributed by atoms with van der Waals surface area (Å²) in [7, 11) is 1.58. The highest BCUT2D eigenvalue weighted by atomic mass is 16.5. The predicted octanol–water partition coefficient (Wildman–Crippen LogP) is 2.02. The predicted molar refractivity (Wildman–Crippen MR) is 87.6 cm³/mol. The molecule has 2 aromatic heterocycles. The van der Waals surface area contributed by atoms with Gasteiger partial charge in [-0.2, -0.15) is 10.1 Å². The highest BCUT2D eigenvalue weighted by Crippen LogP contribution is 2.33. The van der Waals surface area contributed by atoms with E-state index < -0.39 is 0 Å². The fraction of sp³-hybridized carbons (Fsp3) is 0.294. The summed E-state index contributed by atoms with van der Waals surface area (Å²) in [5.74, 6) is 0.863. The number of carbonyl (C=O) groups is 1. The Labute approximate surface area is 143 Å². The lowest BCUT2D eigenvalue weighted by Gasteiger charge is -2.13. The van der Waals surface area contributed by atoms with E-state index in [1.54, 1.807) is 13.3 Å². The molecule has 1 unspecified atom stereocenters. The summed E-state index contributed by atoms with van der Waals surface area (Å²) in [6.45, 7) is 0.292. The van der Waals surface area contributed by atoms with Crippen molar-refractivity contribution in [2.75, 3.05) is 7.11 Å². The molecule has 0 saturated carbocycles. The summed E-state index contributed by atoms with van der Waals surface area (Å²) >= 11 is 0. The highest BCUT2D eigenvalue weighted by molar-refractivity contribution is 5.94. The third-order valence-electron chi connectivity index (χ3n) is 4.28. The first kappa shape index (κ1) is 15.5. The van der Waals surface area contributed by atoms with E-state index in [0.717, 1.165) is 24.0 Å². The van der Waals surface area contributed by atoms with Gasteiger partial charge in [0, 0.05) is 18.9 Å². The molecular formula is C17H17N5O3. The molecule has 4 rings (SSSR count). The molecule has 0 aliphatic heterocycles. The summed E-state index contributed by atoms with van der Waals surface area (Å²) < 4.78 is 10.1. The van der Waals surface area contributed by atoms with Gasteiger partial charge in [-0.3, -0.25) is 9.89 Å². The normalized spacial score (nSPS) is 16.0. The average Bonchev–Trinajstić information content (AvgIpc) is 3.36. The maximum Gasteiger partial charge on any atom is 0.254 e. The Morgan fingerprint density at radius 1 is 1.48 bits per heavy atom. The Hall–Kier alpha value is -3.00. The van der Waals surface area contributed by atoms with Crippen molar-refractivity contribution in [2.45, 2.75) is 25.5 Å². The molecule has 0 bridgehead atoms. The van der Waals surface area contributed by atoms with Gasteiger partial charge in [-0.1, -0.05) is 17.3 Å². The number of benzene rings is 1. The van der Waals surface area contributed by atoms with Crippen LogP contribution in [0.4, 0.5) is 0 Å². The first-order chi connectivity index (χ1) is 12.2. The molecule has 3 aromatic rings. The van der Waals surface area contributed by atoms with E-state index in [9.17, 15) is 4.79 Å². The smallest absolute Gasteiger partial charge is 0.254 e. The van der Waals surface area contributed by atoms with Gasteiger partial charge in [-0.25, -0.2) is 0 Å². The lowest BCUT2D eigenvalue weighted by atomic mass is 10.0. The zero-order valence-electron chi connectivity index (χ0n) is 13.7. The molecule has 0 spiro atoms. The SMILES string of the molecule is COCc1nc(-c2ccc3c(c2)CCC3NC(=O)c2cn[nH]c2)no1. The summed E-state index contributed by atoms with van der Waals surface area (Å²) in [5, 5.41) is 13.5. The molecule has 2 N–H and O–H groups in total. The van der Waals surface area contributed by atoms with Crippen molar-refractivity contribution in [1.82, 2.24) is 25.7 Å². The molecule has 1 aliphatic rings. The van der Waals surface area contributed by atoms with Crippen LogP contribution >= 0.6 is 0 Å². The fourth-order valence-corrected chi connectivity index (χ4v) is 3.08. The Balaban J connectivity index is 1.52. The minimum Gasteiger partial charge on any atom is -0.375 e. The lowest BCUT2D eigenvalue weighted by Crippen LogP contribution is -2.26. The number of rotatable bonds is 5. The number of H-pyrrole nitrogens is 1. The second-order valence-corrected chi connectivity index (χ2v) is 5.91. The van der Waals surface area contributed by atoms with E-state index in [4.69, 9.17) is 9.26 Å². The topological polar surface area (TPSA) is 106 Å².